The zero-order valence-electron chi connectivity index (χ0n) is 18.9. The van der Waals surface area contributed by atoms with Gasteiger partial charge >= 0.3 is 13.6 Å². The zero-order chi connectivity index (χ0) is 23.4. The first kappa shape index (κ1) is 25.8. The van der Waals surface area contributed by atoms with E-state index in [4.69, 9.17) is 13.8 Å². The number of rotatable bonds is 13. The van der Waals surface area contributed by atoms with Gasteiger partial charge < -0.3 is 19.1 Å². The van der Waals surface area contributed by atoms with Gasteiger partial charge in [0.25, 0.3) is 0 Å². The van der Waals surface area contributed by atoms with E-state index in [9.17, 15) is 14.2 Å². The Morgan fingerprint density at radius 2 is 1.50 bits per heavy atom. The van der Waals surface area contributed by atoms with Gasteiger partial charge in [-0.05, 0) is 25.0 Å². The van der Waals surface area contributed by atoms with E-state index in [1.807, 2.05) is 67.6 Å². The van der Waals surface area contributed by atoms with E-state index in [1.165, 1.54) is 0 Å². The van der Waals surface area contributed by atoms with E-state index < -0.39 is 31.0 Å². The topological polar surface area (TPSA) is 90.9 Å². The van der Waals surface area contributed by atoms with E-state index in [2.05, 4.69) is 5.32 Å². The summed E-state index contributed by atoms with van der Waals surface area (Å²) >= 11 is 0. The first-order valence-electron chi connectivity index (χ1n) is 10.8. The summed E-state index contributed by atoms with van der Waals surface area (Å²) in [5, 5.41) is 2.71. The lowest BCUT2D eigenvalue weighted by Gasteiger charge is -2.30. The summed E-state index contributed by atoms with van der Waals surface area (Å²) in [5.74, 6) is -1.34. The SMILES string of the molecule is CCOP(=O)(OCC)[C@@H](C(=O)NCCC(=O)OCc1ccccc1)C(C)c1ccccc1. The van der Waals surface area contributed by atoms with Crippen molar-refractivity contribution in [1.29, 1.82) is 0 Å². The molecule has 2 atom stereocenters. The van der Waals surface area contributed by atoms with E-state index in [-0.39, 0.29) is 32.8 Å². The standard InChI is InChI=1S/C24H32NO6P/c1-4-30-32(28,31-5-2)23(19(3)21-14-10-7-11-15-21)24(27)25-17-16-22(26)29-18-20-12-8-6-9-13-20/h6-15,19,23H,4-5,16-18H2,1-3H3,(H,25,27)/t19?,23-/m1/s1. The van der Waals surface area contributed by atoms with Gasteiger partial charge in [-0.15, -0.1) is 0 Å². The molecule has 1 N–H and O–H groups in total. The highest BCUT2D eigenvalue weighted by molar-refractivity contribution is 7.55. The molecule has 32 heavy (non-hydrogen) atoms. The summed E-state index contributed by atoms with van der Waals surface area (Å²) in [7, 11) is -3.75. The average Bonchev–Trinajstić information content (AvgIpc) is 2.79. The Hall–Kier alpha value is -2.47. The van der Waals surface area contributed by atoms with Crippen molar-refractivity contribution in [1.82, 2.24) is 5.32 Å². The second-order valence-electron chi connectivity index (χ2n) is 7.21. The lowest BCUT2D eigenvalue weighted by molar-refractivity contribution is -0.144. The number of ether oxygens (including phenoxy) is 1. The largest absolute Gasteiger partial charge is 0.461 e. The van der Waals surface area contributed by atoms with Crippen LogP contribution >= 0.6 is 7.60 Å². The van der Waals surface area contributed by atoms with Crippen LogP contribution in [0.15, 0.2) is 60.7 Å². The van der Waals surface area contributed by atoms with Gasteiger partial charge in [-0.3, -0.25) is 14.2 Å². The van der Waals surface area contributed by atoms with Crippen molar-refractivity contribution in [3.63, 3.8) is 0 Å². The molecule has 0 heterocycles. The third kappa shape index (κ3) is 7.59. The van der Waals surface area contributed by atoms with Gasteiger partial charge in [0.2, 0.25) is 5.91 Å². The Morgan fingerprint density at radius 3 is 2.06 bits per heavy atom. The smallest absolute Gasteiger partial charge is 0.343 e. The van der Waals surface area contributed by atoms with Gasteiger partial charge in [-0.2, -0.15) is 0 Å². The third-order valence-corrected chi connectivity index (χ3v) is 7.50. The Bertz CT molecular complexity index is 880. The number of nitrogens with one attached hydrogen (secondary N) is 1. The first-order valence-corrected chi connectivity index (χ1v) is 12.4. The van der Waals surface area contributed by atoms with Crippen LogP contribution in [-0.2, 0) is 34.5 Å². The Balaban J connectivity index is 2.04. The lowest BCUT2D eigenvalue weighted by Crippen LogP contribution is -2.39. The molecule has 2 aromatic rings. The van der Waals surface area contributed by atoms with Crippen LogP contribution in [0.2, 0.25) is 0 Å². The van der Waals surface area contributed by atoms with Gasteiger partial charge in [0.15, 0.2) is 0 Å². The normalized spacial score (nSPS) is 13.2. The van der Waals surface area contributed by atoms with Crippen molar-refractivity contribution in [3.8, 4) is 0 Å². The minimum atomic E-state index is -3.75. The van der Waals surface area contributed by atoms with Crippen LogP contribution in [0.4, 0.5) is 0 Å². The van der Waals surface area contributed by atoms with Crippen molar-refractivity contribution in [3.05, 3.63) is 71.8 Å². The fourth-order valence-electron chi connectivity index (χ4n) is 3.34. The molecule has 0 spiro atoms. The highest BCUT2D eigenvalue weighted by atomic mass is 31.2. The van der Waals surface area contributed by atoms with Crippen LogP contribution in [0, 0.1) is 0 Å². The molecule has 2 aromatic carbocycles. The second kappa shape index (κ2) is 13.2. The molecule has 0 aliphatic heterocycles. The van der Waals surface area contributed by atoms with Crippen LogP contribution in [-0.4, -0.2) is 37.3 Å². The number of hydrogen-bond acceptors (Lipinski definition) is 6. The number of hydrogen-bond donors (Lipinski definition) is 1. The maximum absolute atomic E-state index is 13.5. The minimum absolute atomic E-state index is 0.00141. The summed E-state index contributed by atoms with van der Waals surface area (Å²) in [5.41, 5.74) is 0.677. The second-order valence-corrected chi connectivity index (χ2v) is 9.36. The number of carbonyl (C=O) groups is 2. The molecular weight excluding hydrogens is 429 g/mol. The number of carbonyl (C=O) groups excluding carboxylic acids is 2. The quantitative estimate of drug-likeness (QED) is 0.344. The molecule has 0 fully saturated rings. The molecule has 0 aromatic heterocycles. The summed E-state index contributed by atoms with van der Waals surface area (Å²) < 4.78 is 29.7. The Labute approximate surface area is 190 Å². The molecule has 7 nitrogen and oxygen atoms in total. The van der Waals surface area contributed by atoms with Crippen molar-refractivity contribution in [2.24, 2.45) is 0 Å². The fourth-order valence-corrected chi connectivity index (χ4v) is 5.56. The third-order valence-electron chi connectivity index (χ3n) is 4.90. The van der Waals surface area contributed by atoms with Gasteiger partial charge in [-0.25, -0.2) is 0 Å². The van der Waals surface area contributed by atoms with Crippen molar-refractivity contribution >= 4 is 19.5 Å². The summed E-state index contributed by atoms with van der Waals surface area (Å²) in [6.45, 7) is 5.75. The van der Waals surface area contributed by atoms with Gasteiger partial charge in [0, 0.05) is 12.5 Å². The summed E-state index contributed by atoms with van der Waals surface area (Å²) in [6, 6.07) is 18.7. The van der Waals surface area contributed by atoms with E-state index in [0.29, 0.717) is 0 Å². The minimum Gasteiger partial charge on any atom is -0.461 e. The highest BCUT2D eigenvalue weighted by Crippen LogP contribution is 2.57. The number of esters is 1. The van der Waals surface area contributed by atoms with Gasteiger partial charge in [-0.1, -0.05) is 67.6 Å². The molecule has 174 valence electrons. The summed E-state index contributed by atoms with van der Waals surface area (Å²) in [6.07, 6.45) is -0.00141. The van der Waals surface area contributed by atoms with Gasteiger partial charge in [0.1, 0.15) is 12.3 Å². The molecular formula is C24H32NO6P. The molecule has 0 saturated carbocycles. The van der Waals surface area contributed by atoms with Crippen molar-refractivity contribution in [2.75, 3.05) is 19.8 Å². The summed E-state index contributed by atoms with van der Waals surface area (Å²) in [4.78, 5) is 25.2. The fraction of sp³-hybridized carbons (Fsp3) is 0.417. The van der Waals surface area contributed by atoms with Crippen molar-refractivity contribution in [2.45, 2.75) is 45.4 Å². The van der Waals surface area contributed by atoms with Crippen molar-refractivity contribution < 1.29 is 27.9 Å². The maximum atomic E-state index is 13.5. The van der Waals surface area contributed by atoms with E-state index >= 15 is 0 Å². The van der Waals surface area contributed by atoms with E-state index in [0.717, 1.165) is 11.1 Å². The van der Waals surface area contributed by atoms with Gasteiger partial charge in [0.05, 0.1) is 19.6 Å². The van der Waals surface area contributed by atoms with Crippen LogP contribution < -0.4 is 5.32 Å². The predicted octanol–water partition coefficient (Wildman–Crippen LogP) is 4.67. The zero-order valence-corrected chi connectivity index (χ0v) is 19.8. The lowest BCUT2D eigenvalue weighted by atomic mass is 9.97. The molecule has 8 heteroatoms. The van der Waals surface area contributed by atoms with Crippen LogP contribution in [0.5, 0.6) is 0 Å². The predicted molar refractivity (Wildman–Crippen MR) is 123 cm³/mol. The Kier molecular flexibility index (Phi) is 10.6. The number of amides is 1. The molecule has 0 aliphatic carbocycles. The van der Waals surface area contributed by atoms with Crippen LogP contribution in [0.25, 0.3) is 0 Å². The molecule has 0 aliphatic rings. The molecule has 1 unspecified atom stereocenters. The highest BCUT2D eigenvalue weighted by Gasteiger charge is 2.45. The molecule has 1 amide bonds. The maximum Gasteiger partial charge on any atom is 0.343 e. The van der Waals surface area contributed by atoms with Crippen LogP contribution in [0.3, 0.4) is 0 Å². The van der Waals surface area contributed by atoms with E-state index in [1.54, 1.807) is 13.8 Å². The molecule has 0 saturated heterocycles. The monoisotopic (exact) mass is 461 g/mol. The molecule has 2 rings (SSSR count). The molecule has 0 bridgehead atoms. The average molecular weight is 461 g/mol. The van der Waals surface area contributed by atoms with Crippen LogP contribution in [0.1, 0.15) is 44.2 Å². The Morgan fingerprint density at radius 1 is 0.938 bits per heavy atom. The first-order chi connectivity index (χ1) is 15.4. The molecule has 0 radical (unpaired) electrons. The number of benzene rings is 2.